The van der Waals surface area contributed by atoms with Gasteiger partial charge in [0.05, 0.1) is 10.6 Å². The van der Waals surface area contributed by atoms with E-state index >= 15 is 0 Å². The van der Waals surface area contributed by atoms with Crippen LogP contribution in [0, 0.1) is 5.82 Å². The highest BCUT2D eigenvalue weighted by Crippen LogP contribution is 2.26. The molecule has 1 unspecified atom stereocenters. The molecule has 1 saturated heterocycles. The SMILES string of the molecule is CC1CN(c2cc(Oc3ccccc3F)ncn2)CCN1C(=O)c1ccccc1Cl. The molecule has 1 aliphatic heterocycles. The monoisotopic (exact) mass is 426 g/mol. The maximum Gasteiger partial charge on any atom is 0.255 e. The first-order valence-corrected chi connectivity index (χ1v) is 9.95. The second-order valence-corrected chi connectivity index (χ2v) is 7.43. The molecule has 3 aromatic rings. The molecule has 1 aromatic heterocycles. The number of para-hydroxylation sites is 1. The number of carbonyl (C=O) groups excluding carboxylic acids is 1. The number of anilines is 1. The zero-order chi connectivity index (χ0) is 21.1. The molecule has 0 N–H and O–H groups in total. The van der Waals surface area contributed by atoms with Gasteiger partial charge in [0, 0.05) is 31.7 Å². The number of rotatable bonds is 4. The van der Waals surface area contributed by atoms with E-state index in [0.717, 1.165) is 0 Å². The van der Waals surface area contributed by atoms with Gasteiger partial charge >= 0.3 is 0 Å². The van der Waals surface area contributed by atoms with Gasteiger partial charge in [-0.2, -0.15) is 0 Å². The number of hydrogen-bond acceptors (Lipinski definition) is 5. The molecule has 0 saturated carbocycles. The lowest BCUT2D eigenvalue weighted by molar-refractivity contribution is 0.0674. The fourth-order valence-corrected chi connectivity index (χ4v) is 3.67. The van der Waals surface area contributed by atoms with E-state index in [4.69, 9.17) is 16.3 Å². The standard InChI is InChI=1S/C22H20ClFN4O2/c1-15-13-27(10-11-28(15)22(29)16-6-2-3-7-17(16)23)20-12-21(26-14-25-20)30-19-9-5-4-8-18(19)24/h2-9,12,14-15H,10-11,13H2,1H3. The molecule has 0 radical (unpaired) electrons. The largest absolute Gasteiger partial charge is 0.436 e. The van der Waals surface area contributed by atoms with E-state index in [0.29, 0.717) is 36.0 Å². The molecule has 4 rings (SSSR count). The van der Waals surface area contributed by atoms with Gasteiger partial charge in [0.1, 0.15) is 12.1 Å². The minimum absolute atomic E-state index is 0.0478. The molecule has 30 heavy (non-hydrogen) atoms. The molecule has 1 amide bonds. The summed E-state index contributed by atoms with van der Waals surface area (Å²) in [6, 6.07) is 14.8. The van der Waals surface area contributed by atoms with Crippen LogP contribution in [-0.2, 0) is 0 Å². The van der Waals surface area contributed by atoms with Crippen LogP contribution in [0.15, 0.2) is 60.9 Å². The second kappa shape index (κ2) is 8.67. The minimum atomic E-state index is -0.460. The minimum Gasteiger partial charge on any atom is -0.436 e. The Hall–Kier alpha value is -3.19. The van der Waals surface area contributed by atoms with Gasteiger partial charge in [0.25, 0.3) is 5.91 Å². The van der Waals surface area contributed by atoms with E-state index in [1.165, 1.54) is 18.5 Å². The third kappa shape index (κ3) is 4.21. The highest BCUT2D eigenvalue weighted by Gasteiger charge is 2.29. The van der Waals surface area contributed by atoms with Crippen LogP contribution < -0.4 is 9.64 Å². The van der Waals surface area contributed by atoms with E-state index in [9.17, 15) is 9.18 Å². The molecule has 0 aliphatic carbocycles. The van der Waals surface area contributed by atoms with E-state index < -0.39 is 5.82 Å². The van der Waals surface area contributed by atoms with Crippen molar-refractivity contribution in [3.63, 3.8) is 0 Å². The lowest BCUT2D eigenvalue weighted by Crippen LogP contribution is -2.54. The van der Waals surface area contributed by atoms with Crippen molar-refractivity contribution in [2.75, 3.05) is 24.5 Å². The third-order valence-corrected chi connectivity index (χ3v) is 5.32. The van der Waals surface area contributed by atoms with Crippen LogP contribution in [0.1, 0.15) is 17.3 Å². The van der Waals surface area contributed by atoms with Crippen LogP contribution in [0.5, 0.6) is 11.6 Å². The van der Waals surface area contributed by atoms with Crippen molar-refractivity contribution in [1.82, 2.24) is 14.9 Å². The summed E-state index contributed by atoms with van der Waals surface area (Å²) in [7, 11) is 0. The van der Waals surface area contributed by atoms with E-state index in [-0.39, 0.29) is 23.6 Å². The zero-order valence-corrected chi connectivity index (χ0v) is 17.1. The van der Waals surface area contributed by atoms with E-state index in [1.54, 1.807) is 42.5 Å². The number of piperazine rings is 1. The molecule has 2 heterocycles. The normalized spacial score (nSPS) is 16.4. The number of benzene rings is 2. The summed E-state index contributed by atoms with van der Waals surface area (Å²) < 4.78 is 19.4. The Morgan fingerprint density at radius 1 is 1.13 bits per heavy atom. The lowest BCUT2D eigenvalue weighted by Gasteiger charge is -2.40. The molecular formula is C22H20ClFN4O2. The summed E-state index contributed by atoms with van der Waals surface area (Å²) in [4.78, 5) is 25.2. The van der Waals surface area contributed by atoms with Crippen molar-refractivity contribution in [1.29, 1.82) is 0 Å². The number of carbonyl (C=O) groups is 1. The van der Waals surface area contributed by atoms with E-state index in [2.05, 4.69) is 14.9 Å². The zero-order valence-electron chi connectivity index (χ0n) is 16.3. The van der Waals surface area contributed by atoms with Crippen molar-refractivity contribution in [3.05, 3.63) is 77.3 Å². The number of hydrogen-bond donors (Lipinski definition) is 0. The lowest BCUT2D eigenvalue weighted by atomic mass is 10.1. The molecule has 1 fully saturated rings. The van der Waals surface area contributed by atoms with Crippen LogP contribution >= 0.6 is 11.6 Å². The predicted octanol–water partition coefficient (Wildman–Crippen LogP) is 4.41. The fourth-order valence-electron chi connectivity index (χ4n) is 3.46. The first kappa shape index (κ1) is 20.1. The first-order chi connectivity index (χ1) is 14.5. The highest BCUT2D eigenvalue weighted by molar-refractivity contribution is 6.33. The van der Waals surface area contributed by atoms with Gasteiger partial charge in [-0.15, -0.1) is 0 Å². The topological polar surface area (TPSA) is 58.6 Å². The summed E-state index contributed by atoms with van der Waals surface area (Å²) in [5.74, 6) is 0.475. The Morgan fingerprint density at radius 3 is 2.67 bits per heavy atom. The Balaban J connectivity index is 1.46. The second-order valence-electron chi connectivity index (χ2n) is 7.02. The smallest absolute Gasteiger partial charge is 0.255 e. The number of amides is 1. The predicted molar refractivity (Wildman–Crippen MR) is 113 cm³/mol. The van der Waals surface area contributed by atoms with Gasteiger partial charge < -0.3 is 14.5 Å². The molecule has 0 bridgehead atoms. The third-order valence-electron chi connectivity index (χ3n) is 5.00. The van der Waals surface area contributed by atoms with Crippen LogP contribution in [0.4, 0.5) is 10.2 Å². The number of aromatic nitrogens is 2. The average molecular weight is 427 g/mol. The molecule has 154 valence electrons. The summed E-state index contributed by atoms with van der Waals surface area (Å²) in [6.07, 6.45) is 1.39. The molecule has 1 atom stereocenters. The van der Waals surface area contributed by atoms with Crippen molar-refractivity contribution >= 4 is 23.3 Å². The van der Waals surface area contributed by atoms with Gasteiger partial charge in [-0.3, -0.25) is 4.79 Å². The van der Waals surface area contributed by atoms with Crippen LogP contribution in [-0.4, -0.2) is 46.5 Å². The van der Waals surface area contributed by atoms with Crippen LogP contribution in [0.2, 0.25) is 5.02 Å². The summed E-state index contributed by atoms with van der Waals surface area (Å²) in [5.41, 5.74) is 0.502. The van der Waals surface area contributed by atoms with Gasteiger partial charge in [-0.25, -0.2) is 14.4 Å². The van der Waals surface area contributed by atoms with Crippen molar-refractivity contribution in [3.8, 4) is 11.6 Å². The molecule has 2 aromatic carbocycles. The Bertz CT molecular complexity index is 1060. The van der Waals surface area contributed by atoms with Crippen LogP contribution in [0.3, 0.4) is 0 Å². The van der Waals surface area contributed by atoms with Crippen molar-refractivity contribution in [2.45, 2.75) is 13.0 Å². The number of halogens is 2. The summed E-state index contributed by atoms with van der Waals surface area (Å²) >= 11 is 6.19. The maximum atomic E-state index is 13.8. The summed E-state index contributed by atoms with van der Waals surface area (Å²) in [5, 5.41) is 0.447. The van der Waals surface area contributed by atoms with Crippen LogP contribution in [0.25, 0.3) is 0 Å². The van der Waals surface area contributed by atoms with Gasteiger partial charge in [-0.05, 0) is 31.2 Å². The Morgan fingerprint density at radius 2 is 1.90 bits per heavy atom. The Labute approximate surface area is 178 Å². The molecule has 6 nitrogen and oxygen atoms in total. The van der Waals surface area contributed by atoms with E-state index in [1.807, 2.05) is 11.8 Å². The van der Waals surface area contributed by atoms with Gasteiger partial charge in [-0.1, -0.05) is 35.9 Å². The Kier molecular flexibility index (Phi) is 5.81. The number of nitrogens with zero attached hydrogens (tertiary/aromatic N) is 4. The van der Waals surface area contributed by atoms with Crippen molar-refractivity contribution in [2.24, 2.45) is 0 Å². The van der Waals surface area contributed by atoms with Gasteiger partial charge in [0.2, 0.25) is 5.88 Å². The quantitative estimate of drug-likeness (QED) is 0.618. The van der Waals surface area contributed by atoms with Gasteiger partial charge in [0.15, 0.2) is 11.6 Å². The summed E-state index contributed by atoms with van der Waals surface area (Å²) in [6.45, 7) is 3.70. The first-order valence-electron chi connectivity index (χ1n) is 9.58. The molecule has 8 heteroatoms. The molecule has 0 spiro atoms. The number of ether oxygens (including phenoxy) is 1. The average Bonchev–Trinajstić information content (AvgIpc) is 2.75. The van der Waals surface area contributed by atoms with Crippen molar-refractivity contribution < 1.29 is 13.9 Å². The molecule has 1 aliphatic rings. The molecular weight excluding hydrogens is 407 g/mol. The highest BCUT2D eigenvalue weighted by atomic mass is 35.5. The fraction of sp³-hybridized carbons (Fsp3) is 0.227. The maximum absolute atomic E-state index is 13.8.